The number of hydrogen-bond donors (Lipinski definition) is 0. The van der Waals surface area contributed by atoms with Crippen LogP contribution in [0.5, 0.6) is 11.5 Å². The zero-order chi connectivity index (χ0) is 28.6. The van der Waals surface area contributed by atoms with E-state index in [1.807, 2.05) is 12.1 Å². The van der Waals surface area contributed by atoms with Gasteiger partial charge in [0.25, 0.3) is 5.91 Å². The number of sulfonamides is 1. The molecule has 39 heavy (non-hydrogen) atoms. The zero-order valence-corrected chi connectivity index (χ0v) is 23.0. The van der Waals surface area contributed by atoms with E-state index in [-0.39, 0.29) is 47.7 Å². The quantitative estimate of drug-likeness (QED) is 0.314. The molecule has 0 aliphatic carbocycles. The smallest absolute Gasteiger partial charge is 0.325 e. The second kappa shape index (κ2) is 13.0. The number of carbonyl (C=O) groups is 2. The van der Waals surface area contributed by atoms with Gasteiger partial charge < -0.3 is 18.8 Å². The summed E-state index contributed by atoms with van der Waals surface area (Å²) < 4.78 is 44.8. The predicted molar refractivity (Wildman–Crippen MR) is 140 cm³/mol. The van der Waals surface area contributed by atoms with Crippen LogP contribution in [0.15, 0.2) is 46.3 Å². The minimum Gasteiger partial charge on any atom is -0.493 e. The number of benzene rings is 2. The van der Waals surface area contributed by atoms with Crippen molar-refractivity contribution in [1.29, 1.82) is 10.5 Å². The molecule has 0 fully saturated rings. The molecule has 0 atom stereocenters. The molecule has 0 saturated heterocycles. The summed E-state index contributed by atoms with van der Waals surface area (Å²) in [5.41, 5.74) is 0.692. The van der Waals surface area contributed by atoms with E-state index in [9.17, 15) is 18.0 Å². The van der Waals surface area contributed by atoms with Gasteiger partial charge in [-0.05, 0) is 24.3 Å². The molecule has 14 heteroatoms. The molecule has 3 aromatic rings. The van der Waals surface area contributed by atoms with Crippen molar-refractivity contribution >= 4 is 43.5 Å². The molecule has 0 aliphatic heterocycles. The van der Waals surface area contributed by atoms with Gasteiger partial charge in [0.15, 0.2) is 16.3 Å². The molecule has 3 rings (SSSR count). The third-order valence-electron chi connectivity index (χ3n) is 5.59. The average molecular weight is 572 g/mol. The molecule has 1 amide bonds. The molecular formula is C25H25N5O7S2. The number of ether oxygens (including phenoxy) is 3. The predicted octanol–water partition coefficient (Wildman–Crippen LogP) is 2.45. The maximum atomic E-state index is 13.1. The first-order valence-electron chi connectivity index (χ1n) is 11.5. The Morgan fingerprint density at radius 3 is 2.13 bits per heavy atom. The topological polar surface area (TPSA) is 164 Å². The normalized spacial score (nSPS) is 11.7. The van der Waals surface area contributed by atoms with Gasteiger partial charge in [-0.1, -0.05) is 11.3 Å². The fourth-order valence-corrected chi connectivity index (χ4v) is 6.08. The van der Waals surface area contributed by atoms with Crippen molar-refractivity contribution in [1.82, 2.24) is 8.87 Å². The van der Waals surface area contributed by atoms with Gasteiger partial charge in [0.1, 0.15) is 6.54 Å². The maximum absolute atomic E-state index is 13.1. The van der Waals surface area contributed by atoms with Crippen LogP contribution in [0.25, 0.3) is 10.2 Å². The third kappa shape index (κ3) is 6.61. The van der Waals surface area contributed by atoms with Crippen molar-refractivity contribution < 1.29 is 32.2 Å². The van der Waals surface area contributed by atoms with Gasteiger partial charge in [-0.3, -0.25) is 9.59 Å². The van der Waals surface area contributed by atoms with Crippen LogP contribution in [0.1, 0.15) is 23.2 Å². The van der Waals surface area contributed by atoms with Crippen LogP contribution in [0.3, 0.4) is 0 Å². The Bertz CT molecular complexity index is 1610. The van der Waals surface area contributed by atoms with Gasteiger partial charge in [0.05, 0.1) is 48.6 Å². The van der Waals surface area contributed by atoms with E-state index in [1.54, 1.807) is 12.1 Å². The van der Waals surface area contributed by atoms with Crippen molar-refractivity contribution in [2.24, 2.45) is 4.99 Å². The molecule has 1 aromatic heterocycles. The number of nitriles is 2. The third-order valence-corrected chi connectivity index (χ3v) is 8.54. The van der Waals surface area contributed by atoms with Crippen molar-refractivity contribution in [2.45, 2.75) is 24.3 Å². The van der Waals surface area contributed by atoms with Gasteiger partial charge in [-0.25, -0.2) is 8.42 Å². The molecule has 0 unspecified atom stereocenters. The number of nitrogens with zero attached hydrogens (tertiary/aromatic N) is 5. The highest BCUT2D eigenvalue weighted by Crippen LogP contribution is 2.33. The molecule has 0 N–H and O–H groups in total. The first-order chi connectivity index (χ1) is 18.7. The summed E-state index contributed by atoms with van der Waals surface area (Å²) in [6, 6.07) is 12.4. The summed E-state index contributed by atoms with van der Waals surface area (Å²) in [6.07, 6.45) is -0.0583. The van der Waals surface area contributed by atoms with Gasteiger partial charge in [0.2, 0.25) is 10.0 Å². The summed E-state index contributed by atoms with van der Waals surface area (Å²) in [5, 5.41) is 17.7. The van der Waals surface area contributed by atoms with Gasteiger partial charge in [-0.2, -0.15) is 19.8 Å². The Hall–Kier alpha value is -4.24. The van der Waals surface area contributed by atoms with E-state index in [1.165, 1.54) is 50.2 Å². The van der Waals surface area contributed by atoms with Crippen LogP contribution in [0.4, 0.5) is 0 Å². The minimum absolute atomic E-state index is 0.0292. The second-order valence-electron chi connectivity index (χ2n) is 7.88. The largest absolute Gasteiger partial charge is 0.493 e. The fourth-order valence-electron chi connectivity index (χ4n) is 3.60. The van der Waals surface area contributed by atoms with Crippen LogP contribution in [0, 0.1) is 22.7 Å². The Balaban J connectivity index is 2.01. The van der Waals surface area contributed by atoms with Crippen LogP contribution in [0.2, 0.25) is 0 Å². The Morgan fingerprint density at radius 1 is 1.00 bits per heavy atom. The maximum Gasteiger partial charge on any atom is 0.325 e. The van der Waals surface area contributed by atoms with Crippen LogP contribution in [-0.4, -0.2) is 63.6 Å². The number of rotatable bonds is 11. The fraction of sp³-hybridized carbons (Fsp3) is 0.320. The first-order valence-corrected chi connectivity index (χ1v) is 13.7. The molecule has 0 bridgehead atoms. The highest BCUT2D eigenvalue weighted by atomic mass is 32.2. The summed E-state index contributed by atoms with van der Waals surface area (Å²) in [4.78, 5) is 29.5. The lowest BCUT2D eigenvalue weighted by atomic mass is 10.2. The van der Waals surface area contributed by atoms with E-state index in [0.717, 1.165) is 15.6 Å². The summed E-state index contributed by atoms with van der Waals surface area (Å²) in [6.45, 7) is -0.326. The van der Waals surface area contributed by atoms with E-state index < -0.39 is 21.9 Å². The second-order valence-corrected chi connectivity index (χ2v) is 10.8. The van der Waals surface area contributed by atoms with Gasteiger partial charge >= 0.3 is 5.97 Å². The van der Waals surface area contributed by atoms with E-state index in [4.69, 9.17) is 24.7 Å². The molecule has 2 aromatic carbocycles. The van der Waals surface area contributed by atoms with E-state index in [2.05, 4.69) is 4.99 Å². The highest BCUT2D eigenvalue weighted by molar-refractivity contribution is 7.89. The lowest BCUT2D eigenvalue weighted by molar-refractivity contribution is -0.141. The number of methoxy groups -OCH3 is 3. The molecule has 0 saturated carbocycles. The summed E-state index contributed by atoms with van der Waals surface area (Å²) in [5.74, 6) is -0.321. The standard InChI is InChI=1S/C25H25N5O7S2/c1-35-20-14-19-22(15-21(20)36-2)38-25(30(19)16-23(31)37-3)28-24(32)17-6-8-18(9-7-17)39(33,34)29(12-4-10-26)13-5-11-27/h6-9,14-15H,4-5,12-13,16H2,1-3H3. The van der Waals surface area contributed by atoms with Crippen LogP contribution in [-0.2, 0) is 26.1 Å². The van der Waals surface area contributed by atoms with Crippen molar-refractivity contribution in [3.8, 4) is 23.6 Å². The van der Waals surface area contributed by atoms with Crippen molar-refractivity contribution in [2.75, 3.05) is 34.4 Å². The zero-order valence-electron chi connectivity index (χ0n) is 21.4. The molecule has 0 spiro atoms. The average Bonchev–Trinajstić information content (AvgIpc) is 3.27. The van der Waals surface area contributed by atoms with Crippen LogP contribution >= 0.6 is 11.3 Å². The lowest BCUT2D eigenvalue weighted by Gasteiger charge is -2.20. The number of carbonyl (C=O) groups excluding carboxylic acids is 2. The molecule has 0 radical (unpaired) electrons. The number of hydrogen-bond acceptors (Lipinski definition) is 10. The first kappa shape index (κ1) is 29.3. The van der Waals surface area contributed by atoms with Gasteiger partial charge in [0, 0.05) is 43.6 Å². The summed E-state index contributed by atoms with van der Waals surface area (Å²) >= 11 is 1.15. The number of thiazole rings is 1. The Labute approximate surface area is 228 Å². The molecule has 1 heterocycles. The molecule has 204 valence electrons. The lowest BCUT2D eigenvalue weighted by Crippen LogP contribution is -2.32. The minimum atomic E-state index is -3.99. The molecule has 0 aliphatic rings. The highest BCUT2D eigenvalue weighted by Gasteiger charge is 2.24. The van der Waals surface area contributed by atoms with Crippen LogP contribution < -0.4 is 14.3 Å². The van der Waals surface area contributed by atoms with E-state index in [0.29, 0.717) is 21.7 Å². The number of aromatic nitrogens is 1. The SMILES string of the molecule is COC(=O)Cn1c(=NC(=O)c2ccc(S(=O)(=O)N(CCC#N)CCC#N)cc2)sc2cc(OC)c(OC)cc21. The van der Waals surface area contributed by atoms with Crippen molar-refractivity contribution in [3.05, 3.63) is 46.8 Å². The Kier molecular flexibility index (Phi) is 9.78. The van der Waals surface area contributed by atoms with Gasteiger partial charge in [-0.15, -0.1) is 0 Å². The monoisotopic (exact) mass is 571 g/mol. The summed E-state index contributed by atoms with van der Waals surface area (Å²) in [7, 11) is 0.230. The molecular weight excluding hydrogens is 546 g/mol. The number of fused-ring (bicyclic) bond motifs is 1. The number of esters is 1. The van der Waals surface area contributed by atoms with E-state index >= 15 is 0 Å². The molecule has 12 nitrogen and oxygen atoms in total. The number of amides is 1. The Morgan fingerprint density at radius 2 is 1.59 bits per heavy atom. The van der Waals surface area contributed by atoms with Crippen molar-refractivity contribution in [3.63, 3.8) is 0 Å².